The van der Waals surface area contributed by atoms with Crippen LogP contribution in [0.4, 0.5) is 0 Å². The third kappa shape index (κ3) is 14.1. The van der Waals surface area contributed by atoms with Crippen LogP contribution in [-0.2, 0) is 42.6 Å². The lowest BCUT2D eigenvalue weighted by atomic mass is 9.88. The maximum atomic E-state index is 14.8. The van der Waals surface area contributed by atoms with Gasteiger partial charge >= 0.3 is 11.9 Å². The second-order valence-corrected chi connectivity index (χ2v) is 17.1. The Bertz CT molecular complexity index is 1550. The highest BCUT2D eigenvalue weighted by atomic mass is 31.2. The zero-order chi connectivity index (χ0) is 40.3. The van der Waals surface area contributed by atoms with Gasteiger partial charge in [-0.25, -0.2) is 0 Å². The van der Waals surface area contributed by atoms with Crippen LogP contribution < -0.4 is 9.83 Å². The number of carbonyl (C=O) groups excluding carboxylic acids is 2. The van der Waals surface area contributed by atoms with Crippen molar-refractivity contribution in [3.63, 3.8) is 0 Å². The third-order valence-electron chi connectivity index (χ3n) is 9.95. The molecule has 11 heteroatoms. The number of benzene rings is 2. The van der Waals surface area contributed by atoms with Crippen molar-refractivity contribution in [1.29, 1.82) is 0 Å². The fraction of sp³-hybridized carbons (Fsp3) is 0.591. The molecule has 1 aliphatic rings. The first kappa shape index (κ1) is 45.8. The number of esters is 2. The van der Waals surface area contributed by atoms with Gasteiger partial charge in [-0.3, -0.25) is 14.2 Å². The lowest BCUT2D eigenvalue weighted by Gasteiger charge is -2.33. The minimum absolute atomic E-state index is 0.277. The molecule has 2 aromatic carbocycles. The standard InChI is InChI=1S/C44H65O10P/c1-9-14-27-43(8,28-19-30-48-12-4)53-35(7)51-41(45)32-36(33-55(47)40-24-18-16-22-38(40)37-21-15-17-23-39(37)54-55)42(46)52-34(6)49-31-20-29-44(25-10-2,26-11-3)50-13-5/h12-13,15-18,21-24,34-36H,4-5,9-11,14,19-20,25-33H2,1-3,6-8H3. The van der Waals surface area contributed by atoms with Crippen LogP contribution in [0, 0.1) is 5.92 Å². The van der Waals surface area contributed by atoms with Crippen molar-refractivity contribution in [1.82, 2.24) is 0 Å². The van der Waals surface area contributed by atoms with Crippen LogP contribution >= 0.6 is 7.37 Å². The van der Waals surface area contributed by atoms with Crippen LogP contribution in [-0.4, -0.2) is 55.1 Å². The zero-order valence-corrected chi connectivity index (χ0v) is 35.0. The normalized spacial score (nSPS) is 17.6. The smallest absolute Gasteiger partial charge is 0.312 e. The predicted molar refractivity (Wildman–Crippen MR) is 217 cm³/mol. The van der Waals surface area contributed by atoms with Gasteiger partial charge < -0.3 is 32.9 Å². The maximum Gasteiger partial charge on any atom is 0.312 e. The van der Waals surface area contributed by atoms with Crippen molar-refractivity contribution < 1.29 is 47.1 Å². The summed E-state index contributed by atoms with van der Waals surface area (Å²) in [6.07, 6.45) is 9.75. The quantitative estimate of drug-likeness (QED) is 0.0271. The molecular formula is C44H65O10P. The van der Waals surface area contributed by atoms with Crippen LogP contribution in [0.3, 0.4) is 0 Å². The van der Waals surface area contributed by atoms with Gasteiger partial charge in [-0.1, -0.05) is 96.0 Å². The van der Waals surface area contributed by atoms with E-state index in [-0.39, 0.29) is 11.8 Å². The Hall–Kier alpha value is -3.59. The van der Waals surface area contributed by atoms with Crippen molar-refractivity contribution in [3.05, 3.63) is 74.2 Å². The summed E-state index contributed by atoms with van der Waals surface area (Å²) in [4.78, 5) is 27.5. The molecule has 5 atom stereocenters. The molecule has 0 saturated heterocycles. The van der Waals surface area contributed by atoms with Crippen molar-refractivity contribution in [2.24, 2.45) is 5.92 Å². The van der Waals surface area contributed by atoms with Gasteiger partial charge in [-0.2, -0.15) is 0 Å². The second kappa shape index (κ2) is 22.8. The molecule has 0 N–H and O–H groups in total. The highest BCUT2D eigenvalue weighted by Gasteiger charge is 2.42. The highest BCUT2D eigenvalue weighted by molar-refractivity contribution is 7.67. The number of ether oxygens (including phenoxy) is 6. The summed E-state index contributed by atoms with van der Waals surface area (Å²) in [5, 5.41) is 0.484. The molecule has 0 spiro atoms. The number of hydrogen-bond donors (Lipinski definition) is 0. The van der Waals surface area contributed by atoms with E-state index >= 15 is 0 Å². The summed E-state index contributed by atoms with van der Waals surface area (Å²) in [7, 11) is -3.73. The zero-order valence-electron chi connectivity index (χ0n) is 34.1. The van der Waals surface area contributed by atoms with Crippen LogP contribution in [0.5, 0.6) is 5.75 Å². The Kier molecular flexibility index (Phi) is 19.0. The number of para-hydroxylation sites is 1. The molecule has 0 bridgehead atoms. The van der Waals surface area contributed by atoms with Gasteiger partial charge in [0.1, 0.15) is 11.4 Å². The van der Waals surface area contributed by atoms with Gasteiger partial charge in [0.15, 0.2) is 6.29 Å². The maximum absolute atomic E-state index is 14.8. The van der Waals surface area contributed by atoms with E-state index in [4.69, 9.17) is 32.9 Å². The Balaban J connectivity index is 1.77. The molecule has 55 heavy (non-hydrogen) atoms. The first-order chi connectivity index (χ1) is 26.4. The molecule has 0 saturated carbocycles. The molecule has 0 aliphatic carbocycles. The van der Waals surface area contributed by atoms with E-state index in [1.807, 2.05) is 31.2 Å². The molecule has 0 amide bonds. The van der Waals surface area contributed by atoms with E-state index in [2.05, 4.69) is 33.9 Å². The molecule has 0 radical (unpaired) electrons. The van der Waals surface area contributed by atoms with E-state index in [1.54, 1.807) is 38.1 Å². The fourth-order valence-corrected chi connectivity index (χ4v) is 10.0. The minimum Gasteiger partial charge on any atom is -0.502 e. The van der Waals surface area contributed by atoms with E-state index < -0.39 is 49.8 Å². The molecular weight excluding hydrogens is 719 g/mol. The average Bonchev–Trinajstić information content (AvgIpc) is 3.14. The van der Waals surface area contributed by atoms with Crippen LogP contribution in [0.2, 0.25) is 0 Å². The Morgan fingerprint density at radius 3 is 2.13 bits per heavy atom. The van der Waals surface area contributed by atoms with E-state index in [9.17, 15) is 14.2 Å². The van der Waals surface area contributed by atoms with Gasteiger partial charge in [0, 0.05) is 5.56 Å². The van der Waals surface area contributed by atoms with E-state index in [1.165, 1.54) is 12.5 Å². The summed E-state index contributed by atoms with van der Waals surface area (Å²) in [5.41, 5.74) is 0.690. The Morgan fingerprint density at radius 1 is 0.800 bits per heavy atom. The number of fused-ring (bicyclic) bond motifs is 3. The molecule has 3 rings (SSSR count). The number of hydrogen-bond acceptors (Lipinski definition) is 10. The summed E-state index contributed by atoms with van der Waals surface area (Å²) in [6.45, 7) is 19.9. The van der Waals surface area contributed by atoms with Crippen molar-refractivity contribution in [2.75, 3.05) is 19.4 Å². The third-order valence-corrected chi connectivity index (χ3v) is 12.5. The summed E-state index contributed by atoms with van der Waals surface area (Å²) in [5.74, 6) is -2.13. The summed E-state index contributed by atoms with van der Waals surface area (Å²) in [6, 6.07) is 14.6. The second-order valence-electron chi connectivity index (χ2n) is 14.7. The van der Waals surface area contributed by atoms with Gasteiger partial charge in [0.2, 0.25) is 6.29 Å². The average molecular weight is 785 g/mol. The van der Waals surface area contributed by atoms with Crippen molar-refractivity contribution >= 4 is 24.6 Å². The lowest BCUT2D eigenvalue weighted by molar-refractivity contribution is -0.209. The first-order valence-electron chi connectivity index (χ1n) is 20.0. The summed E-state index contributed by atoms with van der Waals surface area (Å²) < 4.78 is 56.2. The summed E-state index contributed by atoms with van der Waals surface area (Å²) >= 11 is 0. The lowest BCUT2D eigenvalue weighted by Crippen LogP contribution is -2.36. The minimum atomic E-state index is -3.73. The van der Waals surface area contributed by atoms with E-state index in [0.29, 0.717) is 37.1 Å². The van der Waals surface area contributed by atoms with Gasteiger partial charge in [-0.15, -0.1) is 0 Å². The SMILES string of the molecule is C=COCCCC(C)(CCCC)OC(C)OC(=O)CC(CP1(=O)Oc2ccccc2-c2ccccc21)C(=O)OC(C)OCCCC(CCC)(CCC)OC=C. The Labute approximate surface area is 329 Å². The van der Waals surface area contributed by atoms with Crippen LogP contribution in [0.25, 0.3) is 11.1 Å². The molecule has 1 heterocycles. The molecule has 0 fully saturated rings. The fourth-order valence-electron chi connectivity index (χ4n) is 7.47. The molecule has 10 nitrogen and oxygen atoms in total. The monoisotopic (exact) mass is 784 g/mol. The molecule has 306 valence electrons. The Morgan fingerprint density at radius 2 is 1.45 bits per heavy atom. The number of rotatable bonds is 28. The van der Waals surface area contributed by atoms with Crippen LogP contribution in [0.15, 0.2) is 74.2 Å². The van der Waals surface area contributed by atoms with Crippen LogP contribution in [0.1, 0.15) is 119 Å². The van der Waals surface area contributed by atoms with Crippen molar-refractivity contribution in [3.8, 4) is 16.9 Å². The predicted octanol–water partition coefficient (Wildman–Crippen LogP) is 10.6. The van der Waals surface area contributed by atoms with Crippen molar-refractivity contribution in [2.45, 2.75) is 142 Å². The molecule has 0 aromatic heterocycles. The van der Waals surface area contributed by atoms with E-state index in [0.717, 1.165) is 68.9 Å². The van der Waals surface area contributed by atoms with Gasteiger partial charge in [0.25, 0.3) is 7.37 Å². The number of carbonyl (C=O) groups is 2. The van der Waals surface area contributed by atoms with Gasteiger partial charge in [-0.05, 0) is 83.4 Å². The topological polar surface area (TPSA) is 116 Å². The van der Waals surface area contributed by atoms with Gasteiger partial charge in [0.05, 0.1) is 55.1 Å². The molecule has 5 unspecified atom stereocenters. The molecule has 2 aromatic rings. The first-order valence-corrected chi connectivity index (χ1v) is 21.9. The molecule has 1 aliphatic heterocycles. The number of unbranched alkanes of at least 4 members (excludes halogenated alkanes) is 1. The highest BCUT2D eigenvalue weighted by Crippen LogP contribution is 2.55. The largest absolute Gasteiger partial charge is 0.502 e.